The van der Waals surface area contributed by atoms with Gasteiger partial charge in [0.1, 0.15) is 17.1 Å². The van der Waals surface area contributed by atoms with Crippen molar-refractivity contribution >= 4 is 33.4 Å². The highest BCUT2D eigenvalue weighted by Crippen LogP contribution is 2.35. The first-order valence-corrected chi connectivity index (χ1v) is 8.72. The van der Waals surface area contributed by atoms with Crippen molar-refractivity contribution in [1.82, 2.24) is 4.98 Å². The van der Waals surface area contributed by atoms with Gasteiger partial charge in [-0.15, -0.1) is 0 Å². The number of H-pyrrole nitrogens is 1. The number of benzene rings is 3. The molecule has 0 aliphatic heterocycles. The predicted octanol–water partition coefficient (Wildman–Crippen LogP) is 4.16. The van der Waals surface area contributed by atoms with Crippen LogP contribution in [0.15, 0.2) is 60.8 Å². The molecule has 28 heavy (non-hydrogen) atoms. The summed E-state index contributed by atoms with van der Waals surface area (Å²) < 4.78 is 5.28. The number of fused-ring (bicyclic) bond motifs is 2. The summed E-state index contributed by atoms with van der Waals surface area (Å²) in [5.41, 5.74) is 1.03. The van der Waals surface area contributed by atoms with E-state index in [0.717, 1.165) is 17.0 Å². The smallest absolute Gasteiger partial charge is 0.342 e. The van der Waals surface area contributed by atoms with Gasteiger partial charge in [0.05, 0.1) is 0 Å². The Hall–Kier alpha value is -3.80. The fourth-order valence-corrected chi connectivity index (χ4v) is 3.27. The number of rotatable bonds is 4. The minimum atomic E-state index is -1.07. The summed E-state index contributed by atoms with van der Waals surface area (Å²) in [6, 6.07) is 15.1. The molecule has 0 saturated carbocycles. The monoisotopic (exact) mass is 375 g/mol. The highest BCUT2D eigenvalue weighted by atomic mass is 16.5. The number of esters is 1. The van der Waals surface area contributed by atoms with Crippen LogP contribution < -0.4 is 0 Å². The van der Waals surface area contributed by atoms with Crippen molar-refractivity contribution in [2.45, 2.75) is 13.0 Å². The van der Waals surface area contributed by atoms with Crippen LogP contribution in [0.5, 0.6) is 11.5 Å². The van der Waals surface area contributed by atoms with Gasteiger partial charge in [-0.2, -0.15) is 0 Å². The fraction of sp³-hybridized carbons (Fsp3) is 0.0909. The Morgan fingerprint density at radius 1 is 0.929 bits per heavy atom. The molecule has 1 atom stereocenters. The standard InChI is InChI=1S/C22H17NO5/c1-12(20(25)17-11-23-18-9-5-4-6-13(17)18)28-22(27)16-10-19(24)14-7-2-3-8-15(14)21(16)26/h2-12,23-24,26H,1H3/t12-/m0/s1. The van der Waals surface area contributed by atoms with Crippen molar-refractivity contribution in [3.63, 3.8) is 0 Å². The van der Waals surface area contributed by atoms with Gasteiger partial charge in [-0.25, -0.2) is 4.79 Å². The van der Waals surface area contributed by atoms with Crippen molar-refractivity contribution in [2.24, 2.45) is 0 Å². The van der Waals surface area contributed by atoms with Crippen LogP contribution in [0.2, 0.25) is 0 Å². The molecule has 1 heterocycles. The van der Waals surface area contributed by atoms with Crippen molar-refractivity contribution in [1.29, 1.82) is 0 Å². The molecule has 0 aliphatic carbocycles. The highest BCUT2D eigenvalue weighted by Gasteiger charge is 2.25. The lowest BCUT2D eigenvalue weighted by Gasteiger charge is -2.14. The highest BCUT2D eigenvalue weighted by molar-refractivity contribution is 6.11. The number of carbonyl (C=O) groups is 2. The maximum atomic E-state index is 12.7. The van der Waals surface area contributed by atoms with E-state index in [1.54, 1.807) is 36.5 Å². The van der Waals surface area contributed by atoms with Crippen LogP contribution in [-0.4, -0.2) is 33.1 Å². The molecule has 4 rings (SSSR count). The SMILES string of the molecule is C[C@H](OC(=O)c1cc(O)c2ccccc2c1O)C(=O)c1c[nH]c2ccccc12. The third kappa shape index (κ3) is 2.85. The predicted molar refractivity (Wildman–Crippen MR) is 105 cm³/mol. The summed E-state index contributed by atoms with van der Waals surface area (Å²) in [5.74, 6) is -1.71. The summed E-state index contributed by atoms with van der Waals surface area (Å²) >= 11 is 0. The number of aromatic hydroxyl groups is 2. The molecule has 0 bridgehead atoms. The van der Waals surface area contributed by atoms with E-state index in [9.17, 15) is 19.8 Å². The zero-order valence-corrected chi connectivity index (χ0v) is 15.0. The lowest BCUT2D eigenvalue weighted by atomic mass is 10.0. The number of para-hydroxylation sites is 1. The van der Waals surface area contributed by atoms with Gasteiger partial charge in [-0.3, -0.25) is 4.79 Å². The van der Waals surface area contributed by atoms with Gasteiger partial charge in [-0.1, -0.05) is 42.5 Å². The number of Topliss-reactive ketones (excluding diaryl/α,β-unsaturated/α-hetero) is 1. The number of hydrogen-bond donors (Lipinski definition) is 3. The molecule has 0 radical (unpaired) electrons. The van der Waals surface area contributed by atoms with Gasteiger partial charge < -0.3 is 19.9 Å². The third-order valence-corrected chi connectivity index (χ3v) is 4.72. The largest absolute Gasteiger partial charge is 0.507 e. The lowest BCUT2D eigenvalue weighted by molar-refractivity contribution is 0.0316. The summed E-state index contributed by atoms with van der Waals surface area (Å²) in [4.78, 5) is 28.3. The average molecular weight is 375 g/mol. The van der Waals surface area contributed by atoms with E-state index in [2.05, 4.69) is 4.98 Å². The van der Waals surface area contributed by atoms with Gasteiger partial charge in [0.2, 0.25) is 5.78 Å². The van der Waals surface area contributed by atoms with Crippen LogP contribution >= 0.6 is 0 Å². The second-order valence-corrected chi connectivity index (χ2v) is 6.50. The molecule has 0 fully saturated rings. The van der Waals surface area contributed by atoms with E-state index >= 15 is 0 Å². The van der Waals surface area contributed by atoms with Gasteiger partial charge >= 0.3 is 5.97 Å². The van der Waals surface area contributed by atoms with Gasteiger partial charge in [0, 0.05) is 33.4 Å². The molecule has 140 valence electrons. The number of ether oxygens (including phenoxy) is 1. The second kappa shape index (κ2) is 6.74. The van der Waals surface area contributed by atoms with Crippen LogP contribution in [0.3, 0.4) is 0 Å². The van der Waals surface area contributed by atoms with E-state index in [1.807, 2.05) is 18.2 Å². The Labute approximate surface area is 160 Å². The van der Waals surface area contributed by atoms with Crippen LogP contribution in [0.4, 0.5) is 0 Å². The summed E-state index contributed by atoms with van der Waals surface area (Å²) in [5, 5.41) is 22.0. The number of ketones is 1. The zero-order chi connectivity index (χ0) is 19.8. The Morgan fingerprint density at radius 2 is 1.57 bits per heavy atom. The van der Waals surface area contributed by atoms with Crippen molar-refractivity contribution in [3.8, 4) is 11.5 Å². The molecule has 0 unspecified atom stereocenters. The number of aromatic nitrogens is 1. The molecule has 0 saturated heterocycles. The first-order chi connectivity index (χ1) is 13.5. The summed E-state index contributed by atoms with van der Waals surface area (Å²) in [6.45, 7) is 1.47. The van der Waals surface area contributed by atoms with Crippen LogP contribution in [0, 0.1) is 0 Å². The molecule has 6 heteroatoms. The van der Waals surface area contributed by atoms with E-state index in [-0.39, 0.29) is 22.8 Å². The molecular formula is C22H17NO5. The number of phenolic OH excluding ortho intramolecular Hbond substituents is 2. The fourth-order valence-electron chi connectivity index (χ4n) is 3.27. The number of carbonyl (C=O) groups excluding carboxylic acids is 2. The molecule has 4 aromatic rings. The minimum Gasteiger partial charge on any atom is -0.507 e. The Kier molecular flexibility index (Phi) is 4.24. The number of phenols is 2. The molecule has 1 aromatic heterocycles. The summed E-state index contributed by atoms with van der Waals surface area (Å²) in [6.07, 6.45) is 0.510. The zero-order valence-electron chi connectivity index (χ0n) is 15.0. The first kappa shape index (κ1) is 17.6. The quantitative estimate of drug-likeness (QED) is 0.283. The number of hydrogen-bond acceptors (Lipinski definition) is 5. The molecule has 3 aromatic carbocycles. The molecule has 3 N–H and O–H groups in total. The number of nitrogens with one attached hydrogen (secondary N) is 1. The molecule has 0 aliphatic rings. The van der Waals surface area contributed by atoms with Crippen molar-refractivity contribution < 1.29 is 24.5 Å². The topological polar surface area (TPSA) is 99.6 Å². The Balaban J connectivity index is 1.62. The van der Waals surface area contributed by atoms with Crippen LogP contribution in [0.1, 0.15) is 27.6 Å². The van der Waals surface area contributed by atoms with E-state index in [0.29, 0.717) is 16.3 Å². The van der Waals surface area contributed by atoms with E-state index in [4.69, 9.17) is 4.74 Å². The maximum Gasteiger partial charge on any atom is 0.342 e. The van der Waals surface area contributed by atoms with E-state index < -0.39 is 12.1 Å². The summed E-state index contributed by atoms with van der Waals surface area (Å²) in [7, 11) is 0. The van der Waals surface area contributed by atoms with E-state index in [1.165, 1.54) is 6.92 Å². The van der Waals surface area contributed by atoms with Crippen molar-refractivity contribution in [3.05, 3.63) is 71.9 Å². The van der Waals surface area contributed by atoms with Gasteiger partial charge in [0.25, 0.3) is 0 Å². The van der Waals surface area contributed by atoms with Crippen LogP contribution in [0.25, 0.3) is 21.7 Å². The Morgan fingerprint density at radius 3 is 2.32 bits per heavy atom. The maximum absolute atomic E-state index is 12.7. The normalized spacial score (nSPS) is 12.2. The van der Waals surface area contributed by atoms with Crippen LogP contribution in [-0.2, 0) is 4.74 Å². The molecule has 0 spiro atoms. The minimum absolute atomic E-state index is 0.157. The second-order valence-electron chi connectivity index (χ2n) is 6.50. The molecular weight excluding hydrogens is 358 g/mol. The van der Waals surface area contributed by atoms with Gasteiger partial charge in [-0.05, 0) is 19.1 Å². The average Bonchev–Trinajstić information content (AvgIpc) is 3.14. The molecule has 6 nitrogen and oxygen atoms in total. The number of aromatic amines is 1. The van der Waals surface area contributed by atoms with Gasteiger partial charge in [0.15, 0.2) is 6.10 Å². The lowest BCUT2D eigenvalue weighted by Crippen LogP contribution is -2.24. The third-order valence-electron chi connectivity index (χ3n) is 4.72. The molecule has 0 amide bonds. The first-order valence-electron chi connectivity index (χ1n) is 8.72. The Bertz CT molecular complexity index is 1220. The van der Waals surface area contributed by atoms with Crippen molar-refractivity contribution in [2.75, 3.05) is 0 Å².